The van der Waals surface area contributed by atoms with Crippen molar-refractivity contribution >= 4 is 12.2 Å². The molecule has 0 spiro atoms. The number of nitrogens with zero attached hydrogens (tertiary/aromatic N) is 1. The Labute approximate surface area is 170 Å². The van der Waals surface area contributed by atoms with Gasteiger partial charge in [-0.2, -0.15) is 0 Å². The van der Waals surface area contributed by atoms with Crippen molar-refractivity contribution in [2.24, 2.45) is 0 Å². The molecular formula is C21H28N2O6. The molecule has 1 aromatic carbocycles. The van der Waals surface area contributed by atoms with Crippen LogP contribution < -0.4 is 5.43 Å². The number of carbonyl (C=O) groups excluding carboxylic acids is 2. The van der Waals surface area contributed by atoms with Gasteiger partial charge in [0.1, 0.15) is 0 Å². The third kappa shape index (κ3) is 7.52. The number of nitrogens with one attached hydrogen (secondary N) is 1. The molecule has 1 amide bonds. The molecule has 0 fully saturated rings. The number of rotatable bonds is 9. The fourth-order valence-corrected chi connectivity index (χ4v) is 2.58. The molecule has 1 aromatic heterocycles. The van der Waals surface area contributed by atoms with Crippen molar-refractivity contribution in [3.05, 3.63) is 63.6 Å². The maximum Gasteiger partial charge on any atom is 0.274 e. The van der Waals surface area contributed by atoms with E-state index in [2.05, 4.69) is 9.72 Å². The maximum atomic E-state index is 12.7. The van der Waals surface area contributed by atoms with E-state index in [1.54, 1.807) is 14.2 Å². The third-order valence-corrected chi connectivity index (χ3v) is 4.02. The van der Waals surface area contributed by atoms with Crippen molar-refractivity contribution in [2.45, 2.75) is 12.8 Å². The van der Waals surface area contributed by atoms with Crippen molar-refractivity contribution < 1.29 is 24.2 Å². The summed E-state index contributed by atoms with van der Waals surface area (Å²) in [5, 5.41) is 9.98. The molecule has 2 rings (SSSR count). The minimum absolute atomic E-state index is 0.226. The lowest BCUT2D eigenvalue weighted by Crippen LogP contribution is -2.36. The first-order chi connectivity index (χ1) is 14.0. The normalized spacial score (nSPS) is 10.0. The van der Waals surface area contributed by atoms with Crippen LogP contribution in [0.25, 0.3) is 0 Å². The number of aldehydes is 1. The van der Waals surface area contributed by atoms with Crippen LogP contribution in [0.15, 0.2) is 41.3 Å². The van der Waals surface area contributed by atoms with Crippen molar-refractivity contribution in [1.29, 1.82) is 0 Å². The molecule has 29 heavy (non-hydrogen) atoms. The summed E-state index contributed by atoms with van der Waals surface area (Å²) >= 11 is 0. The van der Waals surface area contributed by atoms with Gasteiger partial charge in [-0.1, -0.05) is 30.3 Å². The predicted molar refractivity (Wildman–Crippen MR) is 110 cm³/mol. The number of ether oxygens (including phenoxy) is 2. The standard InChI is InChI=1S/C19H22N2O5.C2H6O/c1-26-11-10-21(9-5-8-14-6-3-2-4-7-14)19(25)16-18(24)17(23)15(13-22)12-20-16;1-3-2/h2-4,6-7,12-13,24H,5,8-11H2,1H3,(H,20,23);1-2H3. The Morgan fingerprint density at radius 2 is 1.83 bits per heavy atom. The third-order valence-electron chi connectivity index (χ3n) is 4.02. The molecule has 2 N–H and O–H groups in total. The summed E-state index contributed by atoms with van der Waals surface area (Å²) in [6, 6.07) is 9.90. The van der Waals surface area contributed by atoms with Gasteiger partial charge in [0, 0.05) is 40.6 Å². The number of H-pyrrole nitrogens is 1. The Hall–Kier alpha value is -2.97. The van der Waals surface area contributed by atoms with Crippen molar-refractivity contribution in [1.82, 2.24) is 9.88 Å². The van der Waals surface area contributed by atoms with E-state index < -0.39 is 17.1 Å². The monoisotopic (exact) mass is 404 g/mol. The minimum atomic E-state index is -0.863. The van der Waals surface area contributed by atoms with E-state index in [9.17, 15) is 19.5 Å². The summed E-state index contributed by atoms with van der Waals surface area (Å²) in [6.45, 7) is 1.09. The summed E-state index contributed by atoms with van der Waals surface area (Å²) in [7, 11) is 4.78. The number of aromatic nitrogens is 1. The van der Waals surface area contributed by atoms with E-state index in [0.29, 0.717) is 26.0 Å². The molecule has 158 valence electrons. The Balaban J connectivity index is 0.00000132. The van der Waals surface area contributed by atoms with Crippen LogP contribution in [0.1, 0.15) is 32.8 Å². The van der Waals surface area contributed by atoms with Crippen LogP contribution >= 0.6 is 0 Å². The molecule has 8 heteroatoms. The second kappa shape index (κ2) is 13.2. The fourth-order valence-electron chi connectivity index (χ4n) is 2.58. The van der Waals surface area contributed by atoms with Crippen LogP contribution in [0.5, 0.6) is 5.75 Å². The summed E-state index contributed by atoms with van der Waals surface area (Å²) in [5.74, 6) is -1.26. The fraction of sp³-hybridized carbons (Fsp3) is 0.381. The van der Waals surface area contributed by atoms with Crippen molar-refractivity contribution in [2.75, 3.05) is 41.0 Å². The number of aryl methyl sites for hydroxylation is 1. The smallest absolute Gasteiger partial charge is 0.274 e. The van der Waals surface area contributed by atoms with Gasteiger partial charge in [-0.3, -0.25) is 14.4 Å². The number of aromatic amines is 1. The second-order valence-electron chi connectivity index (χ2n) is 6.20. The molecule has 8 nitrogen and oxygen atoms in total. The molecule has 0 saturated carbocycles. The van der Waals surface area contributed by atoms with Crippen LogP contribution in [-0.2, 0) is 15.9 Å². The quantitative estimate of drug-likeness (QED) is 0.618. The number of methoxy groups -OCH3 is 2. The zero-order chi connectivity index (χ0) is 21.6. The van der Waals surface area contributed by atoms with E-state index >= 15 is 0 Å². The zero-order valence-corrected chi connectivity index (χ0v) is 17.0. The van der Waals surface area contributed by atoms with Crippen LogP contribution in [0.3, 0.4) is 0 Å². The molecule has 0 aliphatic rings. The lowest BCUT2D eigenvalue weighted by Gasteiger charge is -2.22. The number of aromatic hydroxyl groups is 1. The summed E-state index contributed by atoms with van der Waals surface area (Å²) in [6.07, 6.45) is 2.97. The van der Waals surface area contributed by atoms with Crippen LogP contribution in [-0.4, -0.2) is 68.2 Å². The van der Waals surface area contributed by atoms with Gasteiger partial charge in [0.25, 0.3) is 5.91 Å². The summed E-state index contributed by atoms with van der Waals surface area (Å²) < 4.78 is 9.29. The number of amides is 1. The van der Waals surface area contributed by atoms with Gasteiger partial charge >= 0.3 is 0 Å². The van der Waals surface area contributed by atoms with E-state index in [1.807, 2.05) is 30.3 Å². The Morgan fingerprint density at radius 3 is 2.41 bits per heavy atom. The van der Waals surface area contributed by atoms with Crippen molar-refractivity contribution in [3.63, 3.8) is 0 Å². The highest BCUT2D eigenvalue weighted by molar-refractivity contribution is 5.95. The van der Waals surface area contributed by atoms with E-state index in [1.165, 1.54) is 17.6 Å². The van der Waals surface area contributed by atoms with Gasteiger partial charge in [-0.05, 0) is 18.4 Å². The lowest BCUT2D eigenvalue weighted by molar-refractivity contribution is 0.0683. The molecule has 0 bridgehead atoms. The number of pyridine rings is 1. The van der Waals surface area contributed by atoms with E-state index in [4.69, 9.17) is 4.74 Å². The molecular weight excluding hydrogens is 376 g/mol. The minimum Gasteiger partial charge on any atom is -0.503 e. The predicted octanol–water partition coefficient (Wildman–Crippen LogP) is 1.88. The number of carbonyl (C=O) groups is 2. The number of hydrogen-bond donors (Lipinski definition) is 2. The van der Waals surface area contributed by atoms with Gasteiger partial charge in [-0.15, -0.1) is 0 Å². The molecule has 0 aliphatic carbocycles. The van der Waals surface area contributed by atoms with E-state index in [-0.39, 0.29) is 11.3 Å². The highest BCUT2D eigenvalue weighted by Gasteiger charge is 2.22. The van der Waals surface area contributed by atoms with Crippen LogP contribution in [0, 0.1) is 0 Å². The molecule has 0 unspecified atom stereocenters. The Morgan fingerprint density at radius 1 is 1.17 bits per heavy atom. The molecule has 1 heterocycles. The Kier molecular flexibility index (Phi) is 11.0. The summed E-state index contributed by atoms with van der Waals surface area (Å²) in [4.78, 5) is 39.4. The average molecular weight is 404 g/mol. The van der Waals surface area contributed by atoms with Crippen LogP contribution in [0.2, 0.25) is 0 Å². The highest BCUT2D eigenvalue weighted by Crippen LogP contribution is 2.13. The summed E-state index contributed by atoms with van der Waals surface area (Å²) in [5.41, 5.74) is -0.153. The van der Waals surface area contributed by atoms with E-state index in [0.717, 1.165) is 19.0 Å². The van der Waals surface area contributed by atoms with Gasteiger partial charge in [0.15, 0.2) is 17.7 Å². The first-order valence-corrected chi connectivity index (χ1v) is 9.12. The number of benzene rings is 1. The van der Waals surface area contributed by atoms with Crippen LogP contribution in [0.4, 0.5) is 0 Å². The van der Waals surface area contributed by atoms with Gasteiger partial charge in [-0.25, -0.2) is 0 Å². The average Bonchev–Trinajstić information content (AvgIpc) is 2.73. The highest BCUT2D eigenvalue weighted by atomic mass is 16.5. The molecule has 2 aromatic rings. The lowest BCUT2D eigenvalue weighted by atomic mass is 10.1. The van der Waals surface area contributed by atoms with Gasteiger partial charge in [0.05, 0.1) is 12.2 Å². The van der Waals surface area contributed by atoms with Gasteiger partial charge < -0.3 is 24.5 Å². The molecule has 0 aliphatic heterocycles. The molecule has 0 radical (unpaired) electrons. The van der Waals surface area contributed by atoms with Gasteiger partial charge in [0.2, 0.25) is 5.43 Å². The molecule has 0 saturated heterocycles. The largest absolute Gasteiger partial charge is 0.503 e. The second-order valence-corrected chi connectivity index (χ2v) is 6.20. The molecule has 0 atom stereocenters. The first-order valence-electron chi connectivity index (χ1n) is 9.12. The Bertz CT molecular complexity index is 820. The topological polar surface area (TPSA) is 109 Å². The SMILES string of the molecule is COC.COCCN(CCCc1ccccc1)C(=O)c1[nH]cc(C=O)c(=O)c1O. The number of hydrogen-bond acceptors (Lipinski definition) is 6. The maximum absolute atomic E-state index is 12.7. The first kappa shape index (κ1) is 24.1. The van der Waals surface area contributed by atoms with Crippen molar-refractivity contribution in [3.8, 4) is 5.75 Å². The zero-order valence-electron chi connectivity index (χ0n) is 17.0.